The first kappa shape index (κ1) is 12.6. The predicted molar refractivity (Wildman–Crippen MR) is 71.1 cm³/mol. The first-order valence-electron chi connectivity index (χ1n) is 6.13. The van der Waals surface area contributed by atoms with Gasteiger partial charge in [0.25, 0.3) is 0 Å². The van der Waals surface area contributed by atoms with Crippen LogP contribution in [0.5, 0.6) is 11.5 Å². The van der Waals surface area contributed by atoms with Crippen LogP contribution >= 0.6 is 0 Å². The molecule has 1 aromatic rings. The quantitative estimate of drug-likeness (QED) is 0.890. The van der Waals surface area contributed by atoms with Crippen LogP contribution in [0, 0.1) is 0 Å². The molecule has 6 nitrogen and oxygen atoms in total. The molecule has 104 valence electrons. The zero-order chi connectivity index (χ0) is 13.6. The molecule has 1 aromatic carbocycles. The minimum Gasteiger partial charge on any atom is -0.493 e. The molecular weight excluding hydrogens is 268 g/mol. The number of nitrogens with one attached hydrogen (secondary N) is 1. The van der Waals surface area contributed by atoms with Crippen LogP contribution in [0.3, 0.4) is 0 Å². The third-order valence-corrected chi connectivity index (χ3v) is 4.79. The Kier molecular flexibility index (Phi) is 2.83. The van der Waals surface area contributed by atoms with Crippen molar-refractivity contribution in [2.24, 2.45) is 0 Å². The summed E-state index contributed by atoms with van der Waals surface area (Å²) in [7, 11) is -0.568. The van der Waals surface area contributed by atoms with Gasteiger partial charge in [0.2, 0.25) is 0 Å². The summed E-state index contributed by atoms with van der Waals surface area (Å²) in [5.74, 6) is 1.41. The minimum atomic E-state index is -3.55. The molecule has 1 N–H and O–H groups in total. The number of nitrogens with zero attached hydrogens (tertiary/aromatic N) is 1. The number of rotatable bonds is 3. The summed E-state index contributed by atoms with van der Waals surface area (Å²) >= 11 is 0. The van der Waals surface area contributed by atoms with Crippen molar-refractivity contribution < 1.29 is 17.9 Å². The standard InChI is InChI=1S/C12H16N2O4S/c1-14(2)19(15,16)13-11-9-4-6-17-10(9)7-8-3-5-18-12(8)11/h7,13H,3-6H2,1-2H3. The Labute approximate surface area is 112 Å². The van der Waals surface area contributed by atoms with E-state index >= 15 is 0 Å². The van der Waals surface area contributed by atoms with Gasteiger partial charge in [-0.2, -0.15) is 12.7 Å². The molecule has 0 atom stereocenters. The zero-order valence-corrected chi connectivity index (χ0v) is 11.7. The molecule has 0 aromatic heterocycles. The van der Waals surface area contributed by atoms with E-state index in [2.05, 4.69) is 4.72 Å². The van der Waals surface area contributed by atoms with Crippen molar-refractivity contribution in [2.45, 2.75) is 12.8 Å². The fourth-order valence-corrected chi connectivity index (χ4v) is 2.97. The Morgan fingerprint density at radius 1 is 1.21 bits per heavy atom. The van der Waals surface area contributed by atoms with Gasteiger partial charge in [-0.3, -0.25) is 4.72 Å². The van der Waals surface area contributed by atoms with Gasteiger partial charge >= 0.3 is 10.2 Å². The van der Waals surface area contributed by atoms with Crippen molar-refractivity contribution in [3.05, 3.63) is 17.2 Å². The number of hydrogen-bond acceptors (Lipinski definition) is 4. The Hall–Kier alpha value is -1.47. The molecule has 0 aliphatic carbocycles. The van der Waals surface area contributed by atoms with E-state index in [9.17, 15) is 8.42 Å². The van der Waals surface area contributed by atoms with Crippen molar-refractivity contribution in [3.63, 3.8) is 0 Å². The van der Waals surface area contributed by atoms with Crippen molar-refractivity contribution in [1.29, 1.82) is 0 Å². The van der Waals surface area contributed by atoms with Crippen molar-refractivity contribution in [1.82, 2.24) is 4.31 Å². The lowest BCUT2D eigenvalue weighted by Crippen LogP contribution is -2.29. The number of benzene rings is 1. The fourth-order valence-electron chi connectivity index (χ4n) is 2.31. The molecule has 2 aliphatic heterocycles. The van der Waals surface area contributed by atoms with Gasteiger partial charge in [0.1, 0.15) is 11.5 Å². The predicted octanol–water partition coefficient (Wildman–Crippen LogP) is 0.775. The van der Waals surface area contributed by atoms with E-state index in [0.29, 0.717) is 31.1 Å². The molecule has 0 saturated heterocycles. The summed E-state index contributed by atoms with van der Waals surface area (Å²) in [5.41, 5.74) is 2.42. The van der Waals surface area contributed by atoms with E-state index in [-0.39, 0.29) is 0 Å². The summed E-state index contributed by atoms with van der Waals surface area (Å²) in [6, 6.07) is 1.96. The molecule has 0 spiro atoms. The second-order valence-electron chi connectivity index (χ2n) is 4.80. The topological polar surface area (TPSA) is 67.9 Å². The first-order valence-corrected chi connectivity index (χ1v) is 7.57. The summed E-state index contributed by atoms with van der Waals surface area (Å²) in [5, 5.41) is 0. The van der Waals surface area contributed by atoms with Crippen molar-refractivity contribution in [2.75, 3.05) is 32.0 Å². The third-order valence-electron chi connectivity index (χ3n) is 3.36. The molecule has 3 rings (SSSR count). The number of ether oxygens (including phenoxy) is 2. The Morgan fingerprint density at radius 3 is 2.68 bits per heavy atom. The Morgan fingerprint density at radius 2 is 1.95 bits per heavy atom. The van der Waals surface area contributed by atoms with Crippen LogP contribution in [0.15, 0.2) is 6.07 Å². The largest absolute Gasteiger partial charge is 0.493 e. The number of hydrogen-bond donors (Lipinski definition) is 1. The highest BCUT2D eigenvalue weighted by atomic mass is 32.2. The van der Waals surface area contributed by atoms with Crippen LogP contribution in [-0.2, 0) is 23.1 Å². The normalized spacial score (nSPS) is 16.8. The minimum absolute atomic E-state index is 0.538. The van der Waals surface area contributed by atoms with Crippen LogP contribution in [0.1, 0.15) is 11.1 Å². The zero-order valence-electron chi connectivity index (χ0n) is 10.9. The highest BCUT2D eigenvalue weighted by Gasteiger charge is 2.29. The lowest BCUT2D eigenvalue weighted by molar-refractivity contribution is 0.356. The van der Waals surface area contributed by atoms with Crippen LogP contribution in [0.2, 0.25) is 0 Å². The molecule has 0 saturated carbocycles. The van der Waals surface area contributed by atoms with Gasteiger partial charge in [0.15, 0.2) is 0 Å². The fraction of sp³-hybridized carbons (Fsp3) is 0.500. The second-order valence-corrected chi connectivity index (χ2v) is 6.69. The molecule has 0 unspecified atom stereocenters. The van der Waals surface area contributed by atoms with Crippen LogP contribution in [0.25, 0.3) is 0 Å². The van der Waals surface area contributed by atoms with Gasteiger partial charge in [0.05, 0.1) is 18.9 Å². The molecule has 0 bridgehead atoms. The lowest BCUT2D eigenvalue weighted by atomic mass is 10.0. The van der Waals surface area contributed by atoms with E-state index in [1.807, 2.05) is 6.07 Å². The van der Waals surface area contributed by atoms with Crippen molar-refractivity contribution >= 4 is 15.9 Å². The van der Waals surface area contributed by atoms with Gasteiger partial charge in [-0.25, -0.2) is 0 Å². The molecule has 2 aliphatic rings. The number of fused-ring (bicyclic) bond motifs is 2. The van der Waals surface area contributed by atoms with Gasteiger partial charge in [0, 0.05) is 38.1 Å². The Balaban J connectivity index is 2.11. The highest BCUT2D eigenvalue weighted by molar-refractivity contribution is 7.90. The average Bonchev–Trinajstić information content (AvgIpc) is 2.95. The maximum absolute atomic E-state index is 12.0. The van der Waals surface area contributed by atoms with E-state index < -0.39 is 10.2 Å². The van der Waals surface area contributed by atoms with Crippen LogP contribution in [0.4, 0.5) is 5.69 Å². The van der Waals surface area contributed by atoms with E-state index in [1.54, 1.807) is 0 Å². The molecule has 7 heteroatoms. The van der Waals surface area contributed by atoms with Gasteiger partial charge < -0.3 is 9.47 Å². The Bertz CT molecular complexity index is 593. The molecular formula is C12H16N2O4S. The summed E-state index contributed by atoms with van der Waals surface area (Å²) in [6.07, 6.45) is 1.47. The smallest absolute Gasteiger partial charge is 0.301 e. The van der Waals surface area contributed by atoms with E-state index in [4.69, 9.17) is 9.47 Å². The SMILES string of the molecule is CN(C)S(=O)(=O)Nc1c2c(cc3c1OCC3)OCC2. The highest BCUT2D eigenvalue weighted by Crippen LogP contribution is 2.44. The maximum Gasteiger partial charge on any atom is 0.301 e. The summed E-state index contributed by atoms with van der Waals surface area (Å²) in [6.45, 7) is 1.16. The van der Waals surface area contributed by atoms with Gasteiger partial charge in [-0.15, -0.1) is 0 Å². The molecule has 19 heavy (non-hydrogen) atoms. The summed E-state index contributed by atoms with van der Waals surface area (Å²) in [4.78, 5) is 0. The van der Waals surface area contributed by atoms with Crippen LogP contribution in [-0.4, -0.2) is 40.0 Å². The monoisotopic (exact) mass is 284 g/mol. The molecule has 0 fully saturated rings. The van der Waals surface area contributed by atoms with E-state index in [1.165, 1.54) is 14.1 Å². The maximum atomic E-state index is 12.0. The number of anilines is 1. The second kappa shape index (κ2) is 4.28. The molecule has 0 radical (unpaired) electrons. The van der Waals surface area contributed by atoms with Crippen molar-refractivity contribution in [3.8, 4) is 11.5 Å². The third kappa shape index (κ3) is 2.02. The van der Waals surface area contributed by atoms with Crippen LogP contribution < -0.4 is 14.2 Å². The van der Waals surface area contributed by atoms with Gasteiger partial charge in [-0.05, 0) is 6.07 Å². The first-order chi connectivity index (χ1) is 8.99. The molecule has 2 heterocycles. The molecule has 0 amide bonds. The average molecular weight is 284 g/mol. The van der Waals surface area contributed by atoms with Gasteiger partial charge in [-0.1, -0.05) is 0 Å². The van der Waals surface area contributed by atoms with E-state index in [0.717, 1.165) is 27.6 Å². The summed E-state index contributed by atoms with van der Waals surface area (Å²) < 4.78 is 38.9. The lowest BCUT2D eigenvalue weighted by Gasteiger charge is -2.17.